The first-order valence-corrected chi connectivity index (χ1v) is 9.15. The van der Waals surface area contributed by atoms with E-state index in [9.17, 15) is 14.0 Å². The minimum Gasteiger partial charge on any atom is -0.324 e. The number of benzene rings is 2. The van der Waals surface area contributed by atoms with Crippen molar-refractivity contribution < 1.29 is 14.0 Å². The average Bonchev–Trinajstić information content (AvgIpc) is 2.75. The monoisotopic (exact) mass is 369 g/mol. The molecule has 2 aromatic carbocycles. The van der Waals surface area contributed by atoms with Crippen molar-refractivity contribution in [2.45, 2.75) is 32.9 Å². The molecule has 0 fully saturated rings. The van der Waals surface area contributed by atoms with Crippen molar-refractivity contribution in [3.63, 3.8) is 0 Å². The quantitative estimate of drug-likeness (QED) is 0.879. The van der Waals surface area contributed by atoms with Crippen molar-refractivity contribution >= 4 is 23.2 Å². The van der Waals surface area contributed by atoms with Crippen molar-refractivity contribution in [2.75, 3.05) is 23.3 Å². The fraction of sp³-hybridized carbons (Fsp3) is 0.333. The molecule has 1 heterocycles. The molecule has 0 spiro atoms. The van der Waals surface area contributed by atoms with Crippen LogP contribution < -0.4 is 10.2 Å². The standard InChI is InChI=1S/C21H24FN3O2/c1-3-24(13-16-7-6-8-17(22)12-16)14-21(27)25-15(2)11-20(26)23-18-9-4-5-10-19(18)25/h4-10,12,15H,3,11,13-14H2,1-2H3,(H,23,26)/t15-/m0/s1. The average molecular weight is 369 g/mol. The van der Waals surface area contributed by atoms with Crippen LogP contribution in [0.15, 0.2) is 48.5 Å². The number of hydrogen-bond acceptors (Lipinski definition) is 3. The Bertz CT molecular complexity index is 840. The molecule has 0 aliphatic carbocycles. The second kappa shape index (κ2) is 8.31. The SMILES string of the molecule is CCN(CC(=O)N1c2ccccc2NC(=O)C[C@@H]1C)Cc1cccc(F)c1. The Morgan fingerprint density at radius 3 is 2.78 bits per heavy atom. The van der Waals surface area contributed by atoms with E-state index in [1.54, 1.807) is 17.0 Å². The van der Waals surface area contributed by atoms with Crippen LogP contribution in [-0.4, -0.2) is 35.8 Å². The molecule has 1 N–H and O–H groups in total. The van der Waals surface area contributed by atoms with Crippen LogP contribution in [0.4, 0.5) is 15.8 Å². The lowest BCUT2D eigenvalue weighted by atomic mass is 10.1. The van der Waals surface area contributed by atoms with Gasteiger partial charge in [0.1, 0.15) is 5.82 Å². The number of amides is 2. The third kappa shape index (κ3) is 4.52. The minimum absolute atomic E-state index is 0.0790. The Hall–Kier alpha value is -2.73. The van der Waals surface area contributed by atoms with Crippen LogP contribution in [0.5, 0.6) is 0 Å². The summed E-state index contributed by atoms with van der Waals surface area (Å²) >= 11 is 0. The molecule has 0 unspecified atom stereocenters. The second-order valence-corrected chi connectivity index (χ2v) is 6.82. The number of halogens is 1. The van der Waals surface area contributed by atoms with E-state index in [1.807, 2.05) is 43.0 Å². The van der Waals surface area contributed by atoms with E-state index in [2.05, 4.69) is 5.32 Å². The maximum absolute atomic E-state index is 13.4. The van der Waals surface area contributed by atoms with E-state index < -0.39 is 0 Å². The summed E-state index contributed by atoms with van der Waals surface area (Å²) in [6.07, 6.45) is 0.246. The van der Waals surface area contributed by atoms with Crippen LogP contribution in [0.3, 0.4) is 0 Å². The molecule has 1 atom stereocenters. The summed E-state index contributed by atoms with van der Waals surface area (Å²) < 4.78 is 13.4. The molecule has 0 radical (unpaired) electrons. The van der Waals surface area contributed by atoms with Crippen LogP contribution in [0, 0.1) is 5.82 Å². The van der Waals surface area contributed by atoms with Crippen LogP contribution in [-0.2, 0) is 16.1 Å². The molecule has 5 nitrogen and oxygen atoms in total. The highest BCUT2D eigenvalue weighted by Crippen LogP contribution is 2.31. The molecular formula is C21H24FN3O2. The largest absolute Gasteiger partial charge is 0.324 e. The zero-order chi connectivity index (χ0) is 19.4. The summed E-state index contributed by atoms with van der Waals surface area (Å²) in [6, 6.07) is 13.5. The van der Waals surface area contributed by atoms with E-state index in [-0.39, 0.29) is 36.6 Å². The van der Waals surface area contributed by atoms with Gasteiger partial charge in [0.05, 0.1) is 17.9 Å². The third-order valence-corrected chi connectivity index (χ3v) is 4.73. The highest BCUT2D eigenvalue weighted by Gasteiger charge is 2.30. The van der Waals surface area contributed by atoms with E-state index in [4.69, 9.17) is 0 Å². The molecule has 1 aliphatic rings. The first-order chi connectivity index (χ1) is 13.0. The Kier molecular flexibility index (Phi) is 5.86. The van der Waals surface area contributed by atoms with Crippen molar-refractivity contribution in [3.05, 3.63) is 59.9 Å². The Balaban J connectivity index is 1.80. The van der Waals surface area contributed by atoms with Gasteiger partial charge in [0.2, 0.25) is 11.8 Å². The predicted octanol–water partition coefficient (Wildman–Crippen LogP) is 3.41. The molecule has 0 bridgehead atoms. The van der Waals surface area contributed by atoms with E-state index in [1.165, 1.54) is 12.1 Å². The molecule has 6 heteroatoms. The van der Waals surface area contributed by atoms with E-state index in [0.717, 1.165) is 5.56 Å². The Morgan fingerprint density at radius 2 is 2.04 bits per heavy atom. The fourth-order valence-electron chi connectivity index (χ4n) is 3.41. The summed E-state index contributed by atoms with van der Waals surface area (Å²) in [5, 5.41) is 2.86. The highest BCUT2D eigenvalue weighted by atomic mass is 19.1. The third-order valence-electron chi connectivity index (χ3n) is 4.73. The van der Waals surface area contributed by atoms with Crippen LogP contribution in [0.25, 0.3) is 0 Å². The normalized spacial score (nSPS) is 16.7. The summed E-state index contributed by atoms with van der Waals surface area (Å²) in [5.74, 6) is -0.461. The molecule has 0 saturated carbocycles. The van der Waals surface area contributed by atoms with Gasteiger partial charge in [-0.3, -0.25) is 14.5 Å². The van der Waals surface area contributed by atoms with Crippen LogP contribution in [0.2, 0.25) is 0 Å². The van der Waals surface area contributed by atoms with Gasteiger partial charge in [0.25, 0.3) is 0 Å². The van der Waals surface area contributed by atoms with Gasteiger partial charge >= 0.3 is 0 Å². The maximum Gasteiger partial charge on any atom is 0.241 e. The number of carbonyl (C=O) groups excluding carboxylic acids is 2. The van der Waals surface area contributed by atoms with Crippen molar-refractivity contribution in [1.82, 2.24) is 4.90 Å². The fourth-order valence-corrected chi connectivity index (χ4v) is 3.41. The van der Waals surface area contributed by atoms with Gasteiger partial charge in [-0.15, -0.1) is 0 Å². The zero-order valence-electron chi connectivity index (χ0n) is 15.6. The number of anilines is 2. The van der Waals surface area contributed by atoms with Gasteiger partial charge < -0.3 is 10.2 Å². The van der Waals surface area contributed by atoms with Crippen molar-refractivity contribution in [1.29, 1.82) is 0 Å². The number of para-hydroxylation sites is 2. The molecular weight excluding hydrogens is 345 g/mol. The van der Waals surface area contributed by atoms with E-state index in [0.29, 0.717) is 24.5 Å². The molecule has 142 valence electrons. The summed E-state index contributed by atoms with van der Waals surface area (Å²) in [6.45, 7) is 5.18. The first-order valence-electron chi connectivity index (χ1n) is 9.15. The van der Waals surface area contributed by atoms with Gasteiger partial charge in [-0.2, -0.15) is 0 Å². The number of fused-ring (bicyclic) bond motifs is 1. The number of nitrogens with zero attached hydrogens (tertiary/aromatic N) is 2. The lowest BCUT2D eigenvalue weighted by Gasteiger charge is -2.30. The Labute approximate surface area is 158 Å². The van der Waals surface area contributed by atoms with Gasteiger partial charge in [-0.25, -0.2) is 4.39 Å². The lowest BCUT2D eigenvalue weighted by Crippen LogP contribution is -2.45. The zero-order valence-corrected chi connectivity index (χ0v) is 15.6. The molecule has 2 amide bonds. The smallest absolute Gasteiger partial charge is 0.241 e. The maximum atomic E-state index is 13.4. The van der Waals surface area contributed by atoms with Gasteiger partial charge in [0.15, 0.2) is 0 Å². The van der Waals surface area contributed by atoms with Gasteiger partial charge in [-0.1, -0.05) is 31.2 Å². The number of hydrogen-bond donors (Lipinski definition) is 1. The first kappa shape index (κ1) is 19.0. The number of likely N-dealkylation sites (N-methyl/N-ethyl adjacent to an activating group) is 1. The van der Waals surface area contributed by atoms with Crippen LogP contribution >= 0.6 is 0 Å². The minimum atomic E-state index is -0.283. The number of rotatable bonds is 5. The van der Waals surface area contributed by atoms with Crippen molar-refractivity contribution in [2.24, 2.45) is 0 Å². The summed E-state index contributed by atoms with van der Waals surface area (Å²) in [4.78, 5) is 28.9. The molecule has 2 aromatic rings. The van der Waals surface area contributed by atoms with E-state index >= 15 is 0 Å². The van der Waals surface area contributed by atoms with Crippen molar-refractivity contribution in [3.8, 4) is 0 Å². The lowest BCUT2D eigenvalue weighted by molar-refractivity contribution is -0.120. The Morgan fingerprint density at radius 1 is 1.26 bits per heavy atom. The van der Waals surface area contributed by atoms with Crippen LogP contribution in [0.1, 0.15) is 25.8 Å². The molecule has 0 saturated heterocycles. The summed E-state index contributed by atoms with van der Waals surface area (Å²) in [7, 11) is 0. The predicted molar refractivity (Wildman–Crippen MR) is 104 cm³/mol. The summed E-state index contributed by atoms with van der Waals surface area (Å²) in [5.41, 5.74) is 2.18. The van der Waals surface area contributed by atoms with Gasteiger partial charge in [0, 0.05) is 19.0 Å². The molecule has 1 aliphatic heterocycles. The number of nitrogens with one attached hydrogen (secondary N) is 1. The molecule has 0 aromatic heterocycles. The van der Waals surface area contributed by atoms with Gasteiger partial charge in [-0.05, 0) is 43.3 Å². The molecule has 3 rings (SSSR count). The molecule has 27 heavy (non-hydrogen) atoms. The number of carbonyl (C=O) groups is 2. The second-order valence-electron chi connectivity index (χ2n) is 6.82. The topological polar surface area (TPSA) is 52.7 Å². The highest BCUT2D eigenvalue weighted by molar-refractivity contribution is 6.04.